The summed E-state index contributed by atoms with van der Waals surface area (Å²) in [5, 5.41) is 2.92. The summed E-state index contributed by atoms with van der Waals surface area (Å²) in [5.74, 6) is 0. The molecule has 1 aliphatic rings. The van der Waals surface area contributed by atoms with Gasteiger partial charge in [0.1, 0.15) is 0 Å². The average Bonchev–Trinajstić information content (AvgIpc) is 2.27. The third kappa shape index (κ3) is 6.89. The maximum Gasteiger partial charge on any atom is 0.0451 e. The summed E-state index contributed by atoms with van der Waals surface area (Å²) in [6.07, 6.45) is 18.8. The molecular formula is C11H12N4. The second kappa shape index (κ2) is 8.37. The fraction of sp³-hybridized carbons (Fsp3) is 0. The first-order valence-electron chi connectivity index (χ1n) is 4.46. The number of nitrogens with zero attached hydrogens (tertiary/aromatic N) is 3. The Bertz CT molecular complexity index is 323. The SMILES string of the molecule is C1=CC=NC=CN=CC=NC=CNC=C1. The van der Waals surface area contributed by atoms with Crippen molar-refractivity contribution < 1.29 is 0 Å². The van der Waals surface area contributed by atoms with Crippen molar-refractivity contribution in [2.24, 2.45) is 15.0 Å². The third-order valence-electron chi connectivity index (χ3n) is 1.32. The largest absolute Gasteiger partial charge is 0.366 e. The molecule has 1 rings (SSSR count). The molecular weight excluding hydrogens is 188 g/mol. The third-order valence-corrected chi connectivity index (χ3v) is 1.32. The Morgan fingerprint density at radius 1 is 0.600 bits per heavy atom. The van der Waals surface area contributed by atoms with Crippen molar-refractivity contribution in [2.45, 2.75) is 0 Å². The first kappa shape index (κ1) is 10.8. The molecule has 0 bridgehead atoms. The molecule has 0 amide bonds. The minimum atomic E-state index is 1.58. The molecule has 1 N–H and O–H groups in total. The van der Waals surface area contributed by atoms with E-state index >= 15 is 0 Å². The van der Waals surface area contributed by atoms with Crippen molar-refractivity contribution in [1.29, 1.82) is 0 Å². The highest BCUT2D eigenvalue weighted by Crippen LogP contribution is 1.79. The topological polar surface area (TPSA) is 49.1 Å². The van der Waals surface area contributed by atoms with Gasteiger partial charge in [-0.05, 0) is 12.2 Å². The molecule has 0 saturated carbocycles. The van der Waals surface area contributed by atoms with Crippen molar-refractivity contribution in [3.05, 3.63) is 49.2 Å². The van der Waals surface area contributed by atoms with E-state index in [2.05, 4.69) is 20.3 Å². The number of aliphatic imine (C=N–C) groups is 3. The van der Waals surface area contributed by atoms with E-state index in [9.17, 15) is 0 Å². The quantitative estimate of drug-likeness (QED) is 0.637. The van der Waals surface area contributed by atoms with Crippen LogP contribution in [0.5, 0.6) is 0 Å². The Hall–Kier alpha value is -2.23. The van der Waals surface area contributed by atoms with Gasteiger partial charge in [-0.3, -0.25) is 15.0 Å². The van der Waals surface area contributed by atoms with Gasteiger partial charge in [0.15, 0.2) is 0 Å². The number of hydrogen-bond acceptors (Lipinski definition) is 4. The minimum absolute atomic E-state index is 1.58. The first-order chi connectivity index (χ1) is 7.50. The molecule has 4 heteroatoms. The first-order valence-corrected chi connectivity index (χ1v) is 4.46. The van der Waals surface area contributed by atoms with Crippen molar-refractivity contribution in [3.8, 4) is 0 Å². The van der Waals surface area contributed by atoms with Crippen LogP contribution >= 0.6 is 0 Å². The van der Waals surface area contributed by atoms with Crippen LogP contribution in [0.3, 0.4) is 0 Å². The molecule has 76 valence electrons. The Morgan fingerprint density at radius 3 is 2.20 bits per heavy atom. The second-order valence-corrected chi connectivity index (χ2v) is 2.42. The summed E-state index contributed by atoms with van der Waals surface area (Å²) >= 11 is 0. The van der Waals surface area contributed by atoms with Gasteiger partial charge in [0, 0.05) is 49.6 Å². The summed E-state index contributed by atoms with van der Waals surface area (Å²) in [5.41, 5.74) is 0. The molecule has 0 atom stereocenters. The molecule has 1 heterocycles. The maximum atomic E-state index is 3.96. The predicted octanol–water partition coefficient (Wildman–Crippen LogP) is 1.81. The standard InChI is InChI=1S/C11H12N4/c1-2-4-12-6-8-14-10-11-15-9-7-13-5-3-1/h1-12H. The summed E-state index contributed by atoms with van der Waals surface area (Å²) < 4.78 is 0. The molecule has 0 radical (unpaired) electrons. The van der Waals surface area contributed by atoms with Gasteiger partial charge in [-0.2, -0.15) is 0 Å². The average molecular weight is 200 g/mol. The smallest absolute Gasteiger partial charge is 0.0451 e. The van der Waals surface area contributed by atoms with Crippen molar-refractivity contribution in [1.82, 2.24) is 5.32 Å². The molecule has 0 fully saturated rings. The molecule has 0 aliphatic carbocycles. The number of nitrogens with one attached hydrogen (secondary N) is 1. The van der Waals surface area contributed by atoms with Gasteiger partial charge >= 0.3 is 0 Å². The van der Waals surface area contributed by atoms with E-state index in [-0.39, 0.29) is 0 Å². The highest BCUT2D eigenvalue weighted by Gasteiger charge is 1.68. The Balaban J connectivity index is 2.62. The molecule has 0 spiro atoms. The number of rotatable bonds is 0. The normalized spacial score (nSPS) is 16.0. The van der Waals surface area contributed by atoms with Crippen molar-refractivity contribution >= 4 is 18.6 Å². The Morgan fingerprint density at radius 2 is 1.33 bits per heavy atom. The van der Waals surface area contributed by atoms with Gasteiger partial charge in [-0.25, -0.2) is 0 Å². The van der Waals surface area contributed by atoms with Gasteiger partial charge in [0.2, 0.25) is 0 Å². The zero-order chi connectivity index (χ0) is 10.6. The number of allylic oxidation sites excluding steroid dienone is 3. The van der Waals surface area contributed by atoms with Gasteiger partial charge in [-0.1, -0.05) is 6.08 Å². The van der Waals surface area contributed by atoms with Crippen LogP contribution in [0.15, 0.2) is 64.2 Å². The van der Waals surface area contributed by atoms with E-state index in [0.29, 0.717) is 0 Å². The summed E-state index contributed by atoms with van der Waals surface area (Å²) in [6, 6.07) is 0. The summed E-state index contributed by atoms with van der Waals surface area (Å²) in [6.45, 7) is 0. The monoisotopic (exact) mass is 200 g/mol. The minimum Gasteiger partial charge on any atom is -0.366 e. The van der Waals surface area contributed by atoms with Crippen LogP contribution in [0, 0.1) is 0 Å². The van der Waals surface area contributed by atoms with Gasteiger partial charge in [0.05, 0.1) is 0 Å². The molecule has 0 aromatic carbocycles. The van der Waals surface area contributed by atoms with E-state index in [0.717, 1.165) is 0 Å². The van der Waals surface area contributed by atoms with Crippen LogP contribution in [0.1, 0.15) is 0 Å². The fourth-order valence-electron chi connectivity index (χ4n) is 0.719. The van der Waals surface area contributed by atoms with Crippen LogP contribution in [-0.4, -0.2) is 18.6 Å². The molecule has 0 unspecified atom stereocenters. The van der Waals surface area contributed by atoms with Crippen molar-refractivity contribution in [3.63, 3.8) is 0 Å². The molecule has 4 nitrogen and oxygen atoms in total. The highest BCUT2D eigenvalue weighted by molar-refractivity contribution is 6.16. The van der Waals surface area contributed by atoms with E-state index in [1.54, 1.807) is 49.6 Å². The highest BCUT2D eigenvalue weighted by atomic mass is 14.8. The predicted molar refractivity (Wildman–Crippen MR) is 65.2 cm³/mol. The van der Waals surface area contributed by atoms with Crippen molar-refractivity contribution in [2.75, 3.05) is 0 Å². The van der Waals surface area contributed by atoms with E-state index in [1.807, 2.05) is 18.2 Å². The van der Waals surface area contributed by atoms with Crippen LogP contribution in [0.2, 0.25) is 0 Å². The molecule has 0 saturated heterocycles. The van der Waals surface area contributed by atoms with Crippen LogP contribution < -0.4 is 5.32 Å². The lowest BCUT2D eigenvalue weighted by molar-refractivity contribution is 1.18. The summed E-state index contributed by atoms with van der Waals surface area (Å²) in [4.78, 5) is 11.8. The molecule has 0 aromatic heterocycles. The number of hydrogen-bond donors (Lipinski definition) is 1. The van der Waals surface area contributed by atoms with E-state index in [4.69, 9.17) is 0 Å². The lowest BCUT2D eigenvalue weighted by Gasteiger charge is -1.84. The van der Waals surface area contributed by atoms with E-state index < -0.39 is 0 Å². The van der Waals surface area contributed by atoms with Gasteiger partial charge in [0.25, 0.3) is 0 Å². The fourth-order valence-corrected chi connectivity index (χ4v) is 0.719. The lowest BCUT2D eigenvalue weighted by atomic mass is 10.5. The van der Waals surface area contributed by atoms with Crippen LogP contribution in [0.4, 0.5) is 0 Å². The van der Waals surface area contributed by atoms with Gasteiger partial charge < -0.3 is 5.32 Å². The summed E-state index contributed by atoms with van der Waals surface area (Å²) in [7, 11) is 0. The Kier molecular flexibility index (Phi) is 6.05. The van der Waals surface area contributed by atoms with E-state index in [1.165, 1.54) is 0 Å². The zero-order valence-corrected chi connectivity index (χ0v) is 8.19. The lowest BCUT2D eigenvalue weighted by Crippen LogP contribution is -1.89. The maximum absolute atomic E-state index is 3.96. The zero-order valence-electron chi connectivity index (χ0n) is 8.19. The molecule has 1 aliphatic heterocycles. The Labute approximate surface area is 88.9 Å². The van der Waals surface area contributed by atoms with Crippen LogP contribution in [0.25, 0.3) is 0 Å². The second-order valence-electron chi connectivity index (χ2n) is 2.42. The molecule has 0 aromatic rings. The van der Waals surface area contributed by atoms with Gasteiger partial charge in [-0.15, -0.1) is 0 Å². The van der Waals surface area contributed by atoms with Crippen LogP contribution in [-0.2, 0) is 0 Å². The molecule has 15 heavy (non-hydrogen) atoms.